The number of ether oxygens (including phenoxy) is 3. The van der Waals surface area contributed by atoms with Crippen LogP contribution in [0.25, 0.3) is 0 Å². The predicted octanol–water partition coefficient (Wildman–Crippen LogP) is 4.01. The second-order valence-electron chi connectivity index (χ2n) is 9.38. The first kappa shape index (κ1) is 36.6. The summed E-state index contributed by atoms with van der Waals surface area (Å²) >= 11 is 34.6. The van der Waals surface area contributed by atoms with Gasteiger partial charge in [0.15, 0.2) is 6.29 Å². The van der Waals surface area contributed by atoms with Crippen LogP contribution in [0.4, 0.5) is 0 Å². The molecule has 1 N–H and O–H groups in total. The number of carbonyl (C=O) groups excluding carboxylic acids is 1. The van der Waals surface area contributed by atoms with E-state index in [1.165, 1.54) is 6.08 Å². The van der Waals surface area contributed by atoms with E-state index in [9.17, 15) is 13.2 Å². The van der Waals surface area contributed by atoms with Gasteiger partial charge in [-0.1, -0.05) is 106 Å². The van der Waals surface area contributed by atoms with Gasteiger partial charge in [-0.25, -0.2) is 17.5 Å². The molecule has 1 saturated heterocycles. The lowest BCUT2D eigenvalue weighted by Crippen LogP contribution is -2.67. The van der Waals surface area contributed by atoms with Crippen molar-refractivity contribution >= 4 is 85.9 Å². The number of alkyl halides is 6. The highest BCUT2D eigenvalue weighted by Gasteiger charge is 2.52. The maximum absolute atomic E-state index is 13.0. The fraction of sp³-hybridized carbons (Fsp3) is 0.520. The number of hydrogen-bond acceptors (Lipinski definition) is 8. The molecule has 0 saturated carbocycles. The molecule has 11 nitrogen and oxygen atoms in total. The van der Waals surface area contributed by atoms with Crippen LogP contribution in [0.3, 0.4) is 0 Å². The zero-order chi connectivity index (χ0) is 32.0. The van der Waals surface area contributed by atoms with E-state index < -0.39 is 61.1 Å². The number of halogens is 6. The summed E-state index contributed by atoms with van der Waals surface area (Å²) in [5.74, 6) is -0.248. The molecule has 1 amide bonds. The van der Waals surface area contributed by atoms with Gasteiger partial charge in [0, 0.05) is 6.92 Å². The van der Waals surface area contributed by atoms with Crippen molar-refractivity contribution in [3.05, 3.63) is 66.8 Å². The summed E-state index contributed by atoms with van der Waals surface area (Å²) in [6.07, 6.45) is -0.0580. The van der Waals surface area contributed by atoms with E-state index in [1.54, 1.807) is 41.2 Å². The number of aryl methyl sites for hydroxylation is 1. The Hall–Kier alpha value is -0.870. The molecule has 0 aliphatic carbocycles. The zero-order valence-corrected chi connectivity index (χ0v) is 28.2. The summed E-state index contributed by atoms with van der Waals surface area (Å²) < 4.78 is 53.9. The third-order valence-corrected chi connectivity index (χ3v) is 7.94. The number of imidazole rings is 1. The Morgan fingerprint density at radius 1 is 1.14 bits per heavy atom. The van der Waals surface area contributed by atoms with Crippen molar-refractivity contribution in [3.63, 3.8) is 0 Å². The number of rotatable bonds is 13. The molecule has 240 valence electrons. The molecule has 1 aliphatic heterocycles. The zero-order valence-electron chi connectivity index (χ0n) is 22.9. The highest BCUT2D eigenvalue weighted by molar-refractivity contribution is 7.81. The van der Waals surface area contributed by atoms with Gasteiger partial charge in [0.1, 0.15) is 49.9 Å². The number of benzene rings is 1. The average Bonchev–Trinajstić information content (AvgIpc) is 3.23. The van der Waals surface area contributed by atoms with Crippen LogP contribution in [0, 0.1) is 6.92 Å². The molecule has 0 spiro atoms. The molecule has 1 aliphatic rings. The normalized spacial score (nSPS) is 23.2. The number of amides is 1. The number of carbonyl (C=O) groups is 1. The van der Waals surface area contributed by atoms with Crippen LogP contribution in [-0.4, -0.2) is 70.3 Å². The minimum Gasteiger partial charge on any atom is -0.368 e. The summed E-state index contributed by atoms with van der Waals surface area (Å²) in [6, 6.07) is 7.72. The van der Waals surface area contributed by atoms with Crippen molar-refractivity contribution in [2.45, 2.75) is 58.3 Å². The SMILES string of the molecule is C=CCO[C@@H]1O[C@H](Cn2cc[n+](C)c2C)[C@@H](OS(=O)(=O)OCC(Cl)(Cl)Cl)[C@H](OCc2ccccc2)[C@H]1NC(=O)C(Cl)(Cl)Cl. The van der Waals surface area contributed by atoms with Crippen molar-refractivity contribution in [1.29, 1.82) is 0 Å². The van der Waals surface area contributed by atoms with Crippen LogP contribution in [0.1, 0.15) is 11.4 Å². The quantitative estimate of drug-likeness (QED) is 0.186. The van der Waals surface area contributed by atoms with Gasteiger partial charge in [0.25, 0.3) is 15.5 Å². The number of nitrogens with one attached hydrogen (secondary N) is 1. The van der Waals surface area contributed by atoms with Crippen molar-refractivity contribution < 1.29 is 40.4 Å². The molecular weight excluding hydrogens is 715 g/mol. The Bertz CT molecular complexity index is 1340. The van der Waals surface area contributed by atoms with Crippen LogP contribution in [-0.2, 0) is 58.0 Å². The number of nitrogens with zero attached hydrogens (tertiary/aromatic N) is 2. The molecule has 0 radical (unpaired) electrons. The third kappa shape index (κ3) is 11.2. The molecule has 3 rings (SSSR count). The maximum Gasteiger partial charge on any atom is 0.400 e. The minimum atomic E-state index is -4.85. The van der Waals surface area contributed by atoms with Crippen LogP contribution in [0.2, 0.25) is 0 Å². The van der Waals surface area contributed by atoms with Gasteiger partial charge in [0.05, 0.1) is 20.3 Å². The standard InChI is InChI=1S/C25H29Cl6N3O8S/c1-4-12-38-22-19(32-23(35)25(29,30)31)21(39-14-17-8-6-5-7-9-17)20(42-43(36,37)40-15-24(26,27)28)18(41-22)13-34-11-10-33(3)16(34)2/h4-11,18-22H,1,12-15H2,2-3H3/p+1/t18-,19-,20-,21-,22-/m1/s1. The lowest BCUT2D eigenvalue weighted by atomic mass is 9.95. The number of hydrogen-bond donors (Lipinski definition) is 1. The van der Waals surface area contributed by atoms with Gasteiger partial charge in [-0.05, 0) is 5.56 Å². The van der Waals surface area contributed by atoms with E-state index in [0.717, 1.165) is 11.4 Å². The summed E-state index contributed by atoms with van der Waals surface area (Å²) in [4.78, 5) is 12.9. The van der Waals surface area contributed by atoms with E-state index in [4.69, 9.17) is 92.2 Å². The molecule has 1 aromatic heterocycles. The van der Waals surface area contributed by atoms with Gasteiger partial charge < -0.3 is 19.5 Å². The van der Waals surface area contributed by atoms with Crippen LogP contribution >= 0.6 is 69.6 Å². The second-order valence-corrected chi connectivity index (χ2v) is 15.4. The molecule has 1 fully saturated rings. The Kier molecular flexibility index (Phi) is 13.3. The molecule has 0 unspecified atom stereocenters. The van der Waals surface area contributed by atoms with Crippen LogP contribution in [0.15, 0.2) is 55.4 Å². The molecular formula is C25H30Cl6N3O8S+. The molecule has 18 heteroatoms. The smallest absolute Gasteiger partial charge is 0.368 e. The topological polar surface area (TPSA) is 118 Å². The summed E-state index contributed by atoms with van der Waals surface area (Å²) in [5.41, 5.74) is 0.725. The summed E-state index contributed by atoms with van der Waals surface area (Å²) in [7, 11) is -3.02. The summed E-state index contributed by atoms with van der Waals surface area (Å²) in [6.45, 7) is 4.64. The minimum absolute atomic E-state index is 0.0172. The Labute approximate surface area is 280 Å². The fourth-order valence-electron chi connectivity index (χ4n) is 4.11. The molecule has 5 atom stereocenters. The summed E-state index contributed by atoms with van der Waals surface area (Å²) in [5, 5.41) is 2.54. The Morgan fingerprint density at radius 3 is 2.37 bits per heavy atom. The van der Waals surface area contributed by atoms with Gasteiger partial charge in [-0.2, -0.15) is 8.42 Å². The van der Waals surface area contributed by atoms with Gasteiger partial charge in [-0.3, -0.25) is 4.79 Å². The molecule has 2 heterocycles. The average molecular weight is 745 g/mol. The van der Waals surface area contributed by atoms with E-state index >= 15 is 0 Å². The second kappa shape index (κ2) is 15.6. The highest BCUT2D eigenvalue weighted by atomic mass is 35.6. The molecule has 0 bridgehead atoms. The van der Waals surface area contributed by atoms with E-state index in [1.807, 2.05) is 24.6 Å². The molecule has 43 heavy (non-hydrogen) atoms. The van der Waals surface area contributed by atoms with E-state index in [0.29, 0.717) is 0 Å². The monoisotopic (exact) mass is 742 g/mol. The van der Waals surface area contributed by atoms with Crippen LogP contribution < -0.4 is 9.88 Å². The lowest BCUT2D eigenvalue weighted by molar-refractivity contribution is -0.677. The van der Waals surface area contributed by atoms with Crippen LogP contribution in [0.5, 0.6) is 0 Å². The fourth-order valence-corrected chi connectivity index (χ4v) is 5.52. The number of aromatic nitrogens is 2. The third-order valence-electron chi connectivity index (χ3n) is 6.23. The lowest BCUT2D eigenvalue weighted by Gasteiger charge is -2.45. The van der Waals surface area contributed by atoms with Crippen molar-refractivity contribution in [2.24, 2.45) is 7.05 Å². The molecule has 1 aromatic carbocycles. The first-order valence-electron chi connectivity index (χ1n) is 12.6. The van der Waals surface area contributed by atoms with E-state index in [2.05, 4.69) is 11.9 Å². The first-order valence-corrected chi connectivity index (χ1v) is 16.2. The molecule has 2 aromatic rings. The van der Waals surface area contributed by atoms with Gasteiger partial charge in [0.2, 0.25) is 3.79 Å². The van der Waals surface area contributed by atoms with Crippen molar-refractivity contribution in [3.8, 4) is 0 Å². The van der Waals surface area contributed by atoms with Gasteiger partial charge in [-0.15, -0.1) is 6.58 Å². The Balaban J connectivity index is 2.09. The van der Waals surface area contributed by atoms with E-state index in [-0.39, 0.29) is 19.8 Å². The van der Waals surface area contributed by atoms with Crippen molar-refractivity contribution in [2.75, 3.05) is 13.2 Å². The predicted molar refractivity (Wildman–Crippen MR) is 162 cm³/mol. The maximum atomic E-state index is 13.0. The van der Waals surface area contributed by atoms with Crippen molar-refractivity contribution in [1.82, 2.24) is 9.88 Å². The highest BCUT2D eigenvalue weighted by Crippen LogP contribution is 2.33. The Morgan fingerprint density at radius 2 is 1.81 bits per heavy atom. The largest absolute Gasteiger partial charge is 0.400 e. The van der Waals surface area contributed by atoms with Gasteiger partial charge >= 0.3 is 10.4 Å². The first-order chi connectivity index (χ1) is 20.0.